The van der Waals surface area contributed by atoms with E-state index in [1.165, 1.54) is 0 Å². The van der Waals surface area contributed by atoms with Crippen LogP contribution < -0.4 is 5.32 Å². The standard InChI is InChI=1S/C15H7BrF4N2O2/c16-7-4-5-8-11(6-7)24-22-13(8)21-14(23)9-2-1-3-10(17)12(9)15(18,19)20/h1-6H,(H,21,22,23). The lowest BCUT2D eigenvalue weighted by Gasteiger charge is -2.12. The molecule has 1 N–H and O–H groups in total. The van der Waals surface area contributed by atoms with Gasteiger partial charge in [0.2, 0.25) is 0 Å². The van der Waals surface area contributed by atoms with Gasteiger partial charge in [0.25, 0.3) is 5.91 Å². The summed E-state index contributed by atoms with van der Waals surface area (Å²) < 4.78 is 58.2. The van der Waals surface area contributed by atoms with Crippen molar-refractivity contribution in [1.29, 1.82) is 0 Å². The molecule has 2 aromatic carbocycles. The zero-order valence-corrected chi connectivity index (χ0v) is 13.2. The summed E-state index contributed by atoms with van der Waals surface area (Å²) in [6, 6.07) is 7.36. The fraction of sp³-hybridized carbons (Fsp3) is 0.0667. The normalized spacial score (nSPS) is 11.7. The van der Waals surface area contributed by atoms with Gasteiger partial charge in [-0.2, -0.15) is 13.2 Å². The first-order valence-corrected chi connectivity index (χ1v) is 7.28. The number of alkyl halides is 3. The SMILES string of the molecule is O=C(Nc1noc2cc(Br)ccc12)c1cccc(F)c1C(F)(F)F. The first-order valence-electron chi connectivity index (χ1n) is 6.49. The molecule has 1 amide bonds. The van der Waals surface area contributed by atoms with Crippen LogP contribution in [-0.2, 0) is 6.18 Å². The van der Waals surface area contributed by atoms with Crippen LogP contribution in [0.1, 0.15) is 15.9 Å². The van der Waals surface area contributed by atoms with E-state index in [-0.39, 0.29) is 5.82 Å². The van der Waals surface area contributed by atoms with Crippen molar-refractivity contribution in [2.45, 2.75) is 6.18 Å². The molecular formula is C15H7BrF4N2O2. The maximum absolute atomic E-state index is 13.5. The van der Waals surface area contributed by atoms with E-state index < -0.39 is 29.0 Å². The van der Waals surface area contributed by atoms with Gasteiger partial charge in [-0.15, -0.1) is 0 Å². The average Bonchev–Trinajstić information content (AvgIpc) is 2.87. The molecule has 0 aliphatic carbocycles. The molecule has 0 atom stereocenters. The van der Waals surface area contributed by atoms with Crippen LogP contribution in [0, 0.1) is 5.82 Å². The van der Waals surface area contributed by atoms with E-state index in [1.54, 1.807) is 18.2 Å². The Hall–Kier alpha value is -2.42. The first-order chi connectivity index (χ1) is 11.3. The summed E-state index contributed by atoms with van der Waals surface area (Å²) in [5, 5.41) is 6.23. The molecule has 3 rings (SSSR count). The third kappa shape index (κ3) is 2.99. The van der Waals surface area contributed by atoms with Crippen LogP contribution in [0.4, 0.5) is 23.4 Å². The van der Waals surface area contributed by atoms with Crippen molar-refractivity contribution in [2.24, 2.45) is 0 Å². The smallest absolute Gasteiger partial charge is 0.354 e. The minimum Gasteiger partial charge on any atom is -0.354 e. The molecule has 124 valence electrons. The third-order valence-electron chi connectivity index (χ3n) is 3.21. The van der Waals surface area contributed by atoms with Crippen LogP contribution in [-0.4, -0.2) is 11.1 Å². The van der Waals surface area contributed by atoms with Gasteiger partial charge in [0.05, 0.1) is 10.9 Å². The number of nitrogens with one attached hydrogen (secondary N) is 1. The number of benzene rings is 2. The van der Waals surface area contributed by atoms with Crippen LogP contribution in [0.5, 0.6) is 0 Å². The Morgan fingerprint density at radius 2 is 1.96 bits per heavy atom. The molecule has 0 aliphatic heterocycles. The molecular weight excluding hydrogens is 396 g/mol. The van der Waals surface area contributed by atoms with E-state index in [9.17, 15) is 22.4 Å². The number of halogens is 5. The van der Waals surface area contributed by atoms with Crippen molar-refractivity contribution >= 4 is 38.6 Å². The Kier molecular flexibility index (Phi) is 4.04. The van der Waals surface area contributed by atoms with Gasteiger partial charge >= 0.3 is 6.18 Å². The lowest BCUT2D eigenvalue weighted by molar-refractivity contribution is -0.140. The maximum Gasteiger partial charge on any atom is 0.420 e. The second-order valence-electron chi connectivity index (χ2n) is 4.79. The largest absolute Gasteiger partial charge is 0.420 e. The van der Waals surface area contributed by atoms with Crippen LogP contribution in [0.25, 0.3) is 11.0 Å². The zero-order chi connectivity index (χ0) is 17.5. The zero-order valence-electron chi connectivity index (χ0n) is 11.6. The molecule has 1 aromatic heterocycles. The van der Waals surface area contributed by atoms with Gasteiger partial charge < -0.3 is 9.84 Å². The highest BCUT2D eigenvalue weighted by atomic mass is 79.9. The number of aromatic nitrogens is 1. The predicted molar refractivity (Wildman–Crippen MR) is 81.1 cm³/mol. The summed E-state index contributed by atoms with van der Waals surface area (Å²) in [5.74, 6) is -2.72. The molecule has 9 heteroatoms. The summed E-state index contributed by atoms with van der Waals surface area (Å²) in [6.45, 7) is 0. The van der Waals surface area contributed by atoms with E-state index in [0.29, 0.717) is 21.5 Å². The van der Waals surface area contributed by atoms with Crippen LogP contribution in [0.15, 0.2) is 45.4 Å². The highest BCUT2D eigenvalue weighted by molar-refractivity contribution is 9.10. The van der Waals surface area contributed by atoms with Crippen LogP contribution in [0.2, 0.25) is 0 Å². The highest BCUT2D eigenvalue weighted by Gasteiger charge is 2.38. The van der Waals surface area contributed by atoms with Crippen LogP contribution >= 0.6 is 15.9 Å². The molecule has 1 heterocycles. The Bertz CT molecular complexity index is 937. The lowest BCUT2D eigenvalue weighted by atomic mass is 10.1. The minimum atomic E-state index is -5.01. The monoisotopic (exact) mass is 402 g/mol. The fourth-order valence-electron chi connectivity index (χ4n) is 2.18. The maximum atomic E-state index is 13.5. The van der Waals surface area contributed by atoms with E-state index in [4.69, 9.17) is 4.52 Å². The quantitative estimate of drug-likeness (QED) is 0.613. The van der Waals surface area contributed by atoms with Crippen molar-refractivity contribution in [3.05, 3.63) is 57.8 Å². The molecule has 0 aliphatic rings. The first kappa shape index (κ1) is 16.4. The van der Waals surface area contributed by atoms with Gasteiger partial charge in [0, 0.05) is 4.47 Å². The van der Waals surface area contributed by atoms with Gasteiger partial charge in [0.1, 0.15) is 11.4 Å². The van der Waals surface area contributed by atoms with Gasteiger partial charge in [0.15, 0.2) is 11.4 Å². The molecule has 0 saturated heterocycles. The predicted octanol–water partition coefficient (Wildman–Crippen LogP) is 5.00. The number of carbonyl (C=O) groups excluding carboxylic acids is 1. The molecule has 4 nitrogen and oxygen atoms in total. The Morgan fingerprint density at radius 1 is 1.21 bits per heavy atom. The summed E-state index contributed by atoms with van der Waals surface area (Å²) in [4.78, 5) is 12.2. The van der Waals surface area contributed by atoms with Crippen molar-refractivity contribution in [2.75, 3.05) is 5.32 Å². The fourth-order valence-corrected chi connectivity index (χ4v) is 2.52. The molecule has 0 fully saturated rings. The molecule has 0 bridgehead atoms. The second kappa shape index (κ2) is 5.90. The Balaban J connectivity index is 2.00. The molecule has 3 aromatic rings. The van der Waals surface area contributed by atoms with Crippen molar-refractivity contribution < 1.29 is 26.9 Å². The van der Waals surface area contributed by atoms with Gasteiger partial charge in [-0.25, -0.2) is 4.39 Å². The summed E-state index contributed by atoms with van der Waals surface area (Å²) in [6.07, 6.45) is -5.01. The average molecular weight is 403 g/mol. The number of carbonyl (C=O) groups is 1. The van der Waals surface area contributed by atoms with Gasteiger partial charge in [-0.3, -0.25) is 4.79 Å². The number of nitrogens with zero attached hydrogens (tertiary/aromatic N) is 1. The van der Waals surface area contributed by atoms with Crippen molar-refractivity contribution in [3.8, 4) is 0 Å². The van der Waals surface area contributed by atoms with E-state index >= 15 is 0 Å². The lowest BCUT2D eigenvalue weighted by Crippen LogP contribution is -2.20. The second-order valence-corrected chi connectivity index (χ2v) is 5.70. The molecule has 0 radical (unpaired) electrons. The topological polar surface area (TPSA) is 55.1 Å². The summed E-state index contributed by atoms with van der Waals surface area (Å²) >= 11 is 3.23. The molecule has 24 heavy (non-hydrogen) atoms. The number of fused-ring (bicyclic) bond motifs is 1. The van der Waals surface area contributed by atoms with Crippen molar-refractivity contribution in [1.82, 2.24) is 5.16 Å². The number of anilines is 1. The van der Waals surface area contributed by atoms with Crippen LogP contribution in [0.3, 0.4) is 0 Å². The Morgan fingerprint density at radius 3 is 2.67 bits per heavy atom. The third-order valence-corrected chi connectivity index (χ3v) is 3.70. The summed E-state index contributed by atoms with van der Waals surface area (Å²) in [5.41, 5.74) is -2.14. The van der Waals surface area contributed by atoms with E-state index in [0.717, 1.165) is 12.1 Å². The minimum absolute atomic E-state index is 0.0557. The summed E-state index contributed by atoms with van der Waals surface area (Å²) in [7, 11) is 0. The number of amides is 1. The molecule has 0 saturated carbocycles. The van der Waals surface area contributed by atoms with E-state index in [1.807, 2.05) is 0 Å². The Labute approximate surface area is 140 Å². The van der Waals surface area contributed by atoms with Gasteiger partial charge in [-0.1, -0.05) is 27.2 Å². The number of hydrogen-bond donors (Lipinski definition) is 1. The number of hydrogen-bond acceptors (Lipinski definition) is 3. The van der Waals surface area contributed by atoms with E-state index in [2.05, 4.69) is 26.4 Å². The molecule has 0 unspecified atom stereocenters. The molecule has 0 spiro atoms. The van der Waals surface area contributed by atoms with Gasteiger partial charge in [-0.05, 0) is 30.3 Å². The van der Waals surface area contributed by atoms with Crippen molar-refractivity contribution in [3.63, 3.8) is 0 Å². The number of rotatable bonds is 2. The highest BCUT2D eigenvalue weighted by Crippen LogP contribution is 2.34.